The van der Waals surface area contributed by atoms with E-state index in [0.717, 1.165) is 11.1 Å². The van der Waals surface area contributed by atoms with E-state index in [-0.39, 0.29) is 6.04 Å². The molecule has 0 fully saturated rings. The van der Waals surface area contributed by atoms with E-state index in [2.05, 4.69) is 5.32 Å². The summed E-state index contributed by atoms with van der Waals surface area (Å²) in [4.78, 5) is 21.6. The van der Waals surface area contributed by atoms with E-state index in [1.54, 1.807) is 0 Å². The molecular weight excluding hydrogens is 206 g/mol. The minimum absolute atomic E-state index is 0.173. The van der Waals surface area contributed by atoms with Crippen molar-refractivity contribution in [2.45, 2.75) is 26.3 Å². The van der Waals surface area contributed by atoms with Crippen LogP contribution in [-0.2, 0) is 9.59 Å². The maximum absolute atomic E-state index is 11.3. The highest BCUT2D eigenvalue weighted by Crippen LogP contribution is 2.16. The van der Waals surface area contributed by atoms with Gasteiger partial charge in [0.2, 0.25) is 5.91 Å². The van der Waals surface area contributed by atoms with Gasteiger partial charge < -0.3 is 10.4 Å². The van der Waals surface area contributed by atoms with Crippen LogP contribution in [0.25, 0.3) is 0 Å². The Morgan fingerprint density at radius 3 is 2.56 bits per heavy atom. The molecule has 1 aromatic carbocycles. The zero-order valence-corrected chi connectivity index (χ0v) is 9.36. The van der Waals surface area contributed by atoms with Crippen molar-refractivity contribution in [2.75, 3.05) is 0 Å². The summed E-state index contributed by atoms with van der Waals surface area (Å²) in [6.45, 7) is 3.79. The minimum Gasteiger partial charge on any atom is -0.481 e. The molecule has 4 nitrogen and oxygen atoms in total. The number of carbonyl (C=O) groups is 2. The van der Waals surface area contributed by atoms with Gasteiger partial charge in [0.1, 0.15) is 6.42 Å². The third-order valence-corrected chi connectivity index (χ3v) is 2.34. The normalized spacial score (nSPS) is 11.9. The number of aryl methyl sites for hydroxylation is 1. The molecule has 0 aliphatic carbocycles. The van der Waals surface area contributed by atoms with E-state index in [9.17, 15) is 9.59 Å². The Morgan fingerprint density at radius 1 is 1.38 bits per heavy atom. The van der Waals surface area contributed by atoms with Gasteiger partial charge in [-0.2, -0.15) is 0 Å². The summed E-state index contributed by atoms with van der Waals surface area (Å²) in [5, 5.41) is 11.1. The molecule has 0 bridgehead atoms. The lowest BCUT2D eigenvalue weighted by Gasteiger charge is -2.15. The first-order chi connectivity index (χ1) is 7.50. The fraction of sp³-hybridized carbons (Fsp3) is 0.333. The number of hydrogen-bond acceptors (Lipinski definition) is 2. The van der Waals surface area contributed by atoms with E-state index in [4.69, 9.17) is 5.11 Å². The Bertz CT molecular complexity index is 401. The lowest BCUT2D eigenvalue weighted by molar-refractivity contribution is -0.140. The SMILES string of the molecule is Cc1ccccc1C(C)NC(=O)CC(=O)O. The van der Waals surface area contributed by atoms with Crippen LogP contribution in [0.4, 0.5) is 0 Å². The molecular formula is C12H15NO3. The van der Waals surface area contributed by atoms with Crippen LogP contribution in [0.3, 0.4) is 0 Å². The molecule has 1 atom stereocenters. The standard InChI is InChI=1S/C12H15NO3/c1-8-5-3-4-6-10(8)9(2)13-11(14)7-12(15)16/h3-6,9H,7H2,1-2H3,(H,13,14)(H,15,16). The first-order valence-corrected chi connectivity index (χ1v) is 5.07. The Hall–Kier alpha value is -1.84. The summed E-state index contributed by atoms with van der Waals surface area (Å²) in [7, 11) is 0. The average molecular weight is 221 g/mol. The summed E-state index contributed by atoms with van der Waals surface area (Å²) in [5.74, 6) is -1.59. The lowest BCUT2D eigenvalue weighted by Crippen LogP contribution is -2.28. The fourth-order valence-corrected chi connectivity index (χ4v) is 1.58. The summed E-state index contributed by atoms with van der Waals surface area (Å²) in [6.07, 6.45) is -0.490. The maximum atomic E-state index is 11.3. The van der Waals surface area contributed by atoms with Gasteiger partial charge in [0, 0.05) is 0 Å². The third-order valence-electron chi connectivity index (χ3n) is 2.34. The molecule has 1 rings (SSSR count). The quantitative estimate of drug-likeness (QED) is 0.760. The molecule has 0 aromatic heterocycles. The van der Waals surface area contributed by atoms with Crippen LogP contribution < -0.4 is 5.32 Å². The van der Waals surface area contributed by atoms with Gasteiger partial charge in [-0.25, -0.2) is 0 Å². The molecule has 0 heterocycles. The van der Waals surface area contributed by atoms with Gasteiger partial charge in [0.15, 0.2) is 0 Å². The highest BCUT2D eigenvalue weighted by Gasteiger charge is 2.13. The van der Waals surface area contributed by atoms with Crippen LogP contribution in [0.15, 0.2) is 24.3 Å². The van der Waals surface area contributed by atoms with Crippen LogP contribution in [0.1, 0.15) is 30.5 Å². The van der Waals surface area contributed by atoms with Crippen molar-refractivity contribution in [3.05, 3.63) is 35.4 Å². The second-order valence-electron chi connectivity index (χ2n) is 3.72. The van der Waals surface area contributed by atoms with Gasteiger partial charge in [-0.1, -0.05) is 24.3 Å². The molecule has 4 heteroatoms. The molecule has 0 aliphatic rings. The second-order valence-corrected chi connectivity index (χ2v) is 3.72. The van der Waals surface area contributed by atoms with E-state index >= 15 is 0 Å². The number of hydrogen-bond donors (Lipinski definition) is 2. The lowest BCUT2D eigenvalue weighted by atomic mass is 10.0. The molecule has 1 aromatic rings. The van der Waals surface area contributed by atoms with E-state index < -0.39 is 18.3 Å². The summed E-state index contributed by atoms with van der Waals surface area (Å²) in [6, 6.07) is 7.51. The van der Waals surface area contributed by atoms with Crippen molar-refractivity contribution >= 4 is 11.9 Å². The predicted molar refractivity (Wildman–Crippen MR) is 60.0 cm³/mol. The average Bonchev–Trinajstić information content (AvgIpc) is 2.16. The zero-order chi connectivity index (χ0) is 12.1. The molecule has 86 valence electrons. The summed E-state index contributed by atoms with van der Waals surface area (Å²) >= 11 is 0. The number of rotatable bonds is 4. The highest BCUT2D eigenvalue weighted by molar-refractivity contribution is 5.93. The van der Waals surface area contributed by atoms with Crippen molar-refractivity contribution < 1.29 is 14.7 Å². The van der Waals surface area contributed by atoms with Gasteiger partial charge >= 0.3 is 5.97 Å². The van der Waals surface area contributed by atoms with Crippen molar-refractivity contribution in [3.8, 4) is 0 Å². The fourth-order valence-electron chi connectivity index (χ4n) is 1.58. The van der Waals surface area contributed by atoms with Gasteiger partial charge in [-0.05, 0) is 25.0 Å². The zero-order valence-electron chi connectivity index (χ0n) is 9.36. The van der Waals surface area contributed by atoms with E-state index in [0.29, 0.717) is 0 Å². The number of carboxylic acid groups (broad SMARTS) is 1. The number of aliphatic carboxylic acids is 1. The molecule has 1 amide bonds. The minimum atomic E-state index is -1.12. The van der Waals surface area contributed by atoms with Crippen LogP contribution in [0.5, 0.6) is 0 Å². The highest BCUT2D eigenvalue weighted by atomic mass is 16.4. The van der Waals surface area contributed by atoms with Gasteiger partial charge in [0.25, 0.3) is 0 Å². The monoisotopic (exact) mass is 221 g/mol. The van der Waals surface area contributed by atoms with Gasteiger partial charge in [-0.3, -0.25) is 9.59 Å². The Labute approximate surface area is 94.3 Å². The Balaban J connectivity index is 2.66. The first-order valence-electron chi connectivity index (χ1n) is 5.07. The van der Waals surface area contributed by atoms with Crippen molar-refractivity contribution in [1.29, 1.82) is 0 Å². The Kier molecular flexibility index (Phi) is 4.05. The largest absolute Gasteiger partial charge is 0.481 e. The van der Waals surface area contributed by atoms with Crippen molar-refractivity contribution in [1.82, 2.24) is 5.32 Å². The van der Waals surface area contributed by atoms with E-state index in [1.165, 1.54) is 0 Å². The molecule has 0 radical (unpaired) electrons. The predicted octanol–water partition coefficient (Wildman–Crippen LogP) is 1.65. The van der Waals surface area contributed by atoms with Crippen LogP contribution >= 0.6 is 0 Å². The topological polar surface area (TPSA) is 66.4 Å². The Morgan fingerprint density at radius 2 is 2.00 bits per heavy atom. The summed E-state index contributed by atoms with van der Waals surface area (Å²) in [5.41, 5.74) is 2.08. The first kappa shape index (κ1) is 12.2. The number of carboxylic acids is 1. The molecule has 0 saturated carbocycles. The number of nitrogens with one attached hydrogen (secondary N) is 1. The van der Waals surface area contributed by atoms with Crippen LogP contribution in [-0.4, -0.2) is 17.0 Å². The molecule has 16 heavy (non-hydrogen) atoms. The number of benzene rings is 1. The molecule has 2 N–H and O–H groups in total. The smallest absolute Gasteiger partial charge is 0.312 e. The van der Waals surface area contributed by atoms with Crippen LogP contribution in [0, 0.1) is 6.92 Å². The maximum Gasteiger partial charge on any atom is 0.312 e. The second kappa shape index (κ2) is 5.30. The molecule has 1 unspecified atom stereocenters. The van der Waals surface area contributed by atoms with Crippen LogP contribution in [0.2, 0.25) is 0 Å². The van der Waals surface area contributed by atoms with Gasteiger partial charge in [0.05, 0.1) is 6.04 Å². The third kappa shape index (κ3) is 3.38. The number of amides is 1. The molecule has 0 saturated heterocycles. The number of carbonyl (C=O) groups excluding carboxylic acids is 1. The van der Waals surface area contributed by atoms with Crippen molar-refractivity contribution in [2.24, 2.45) is 0 Å². The van der Waals surface area contributed by atoms with E-state index in [1.807, 2.05) is 38.1 Å². The molecule has 0 aliphatic heterocycles. The summed E-state index contributed by atoms with van der Waals surface area (Å²) < 4.78 is 0. The van der Waals surface area contributed by atoms with Gasteiger partial charge in [-0.15, -0.1) is 0 Å². The molecule has 0 spiro atoms. The van der Waals surface area contributed by atoms with Crippen molar-refractivity contribution in [3.63, 3.8) is 0 Å².